The monoisotopic (exact) mass is 657 g/mol. The van der Waals surface area contributed by atoms with Gasteiger partial charge in [-0.1, -0.05) is 30.3 Å². The molecule has 15 heteroatoms. The van der Waals surface area contributed by atoms with Crippen molar-refractivity contribution in [3.63, 3.8) is 0 Å². The van der Waals surface area contributed by atoms with E-state index in [1.807, 2.05) is 50.7 Å². The highest BCUT2D eigenvalue weighted by molar-refractivity contribution is 6.04. The van der Waals surface area contributed by atoms with Crippen molar-refractivity contribution < 1.29 is 24.0 Å². The summed E-state index contributed by atoms with van der Waals surface area (Å²) in [5.41, 5.74) is 0.361. The Bertz CT molecular complexity index is 1860. The second-order valence-electron chi connectivity index (χ2n) is 12.7. The van der Waals surface area contributed by atoms with Crippen LogP contribution in [0, 0.1) is 11.3 Å². The zero-order valence-corrected chi connectivity index (χ0v) is 27.6. The van der Waals surface area contributed by atoms with E-state index >= 15 is 0 Å². The number of nitrogens with zero attached hydrogens (tertiary/aromatic N) is 8. The first kappa shape index (κ1) is 33.9. The molecule has 15 nitrogen and oxygen atoms in total. The second kappa shape index (κ2) is 14.1. The third kappa shape index (κ3) is 7.55. The number of hydrogen-bond acceptors (Lipinski definition) is 11. The molecule has 5 rings (SSSR count). The van der Waals surface area contributed by atoms with Gasteiger partial charge in [0.05, 0.1) is 30.6 Å². The SMILES string of the molecule is C[C@H](c1nc(C(=O)Nc2cnoc2)c(O)c(=O)n1C)[C@H](c1cnn(CCN2CCN(C(=O)OC(C)(C)C)CC2)c1)c1ccccc1C#N. The Morgan fingerprint density at radius 1 is 1.15 bits per heavy atom. The number of ether oxygens (including phenoxy) is 1. The Kier molecular flexibility index (Phi) is 9.95. The van der Waals surface area contributed by atoms with E-state index < -0.39 is 40.3 Å². The van der Waals surface area contributed by atoms with Crippen LogP contribution in [0.4, 0.5) is 10.5 Å². The summed E-state index contributed by atoms with van der Waals surface area (Å²) < 4.78 is 13.3. The first-order valence-corrected chi connectivity index (χ1v) is 15.6. The molecule has 4 heterocycles. The summed E-state index contributed by atoms with van der Waals surface area (Å²) in [4.78, 5) is 47.1. The van der Waals surface area contributed by atoms with Gasteiger partial charge in [-0.15, -0.1) is 0 Å². The highest BCUT2D eigenvalue weighted by Crippen LogP contribution is 2.39. The van der Waals surface area contributed by atoms with E-state index in [1.54, 1.807) is 23.2 Å². The number of aromatic nitrogens is 5. The molecule has 48 heavy (non-hydrogen) atoms. The third-order valence-electron chi connectivity index (χ3n) is 8.21. The molecule has 2 N–H and O–H groups in total. The van der Waals surface area contributed by atoms with Crippen molar-refractivity contribution in [3.05, 3.63) is 87.7 Å². The molecule has 0 aliphatic carbocycles. The van der Waals surface area contributed by atoms with Crippen LogP contribution in [0.5, 0.6) is 5.75 Å². The van der Waals surface area contributed by atoms with Crippen molar-refractivity contribution in [1.29, 1.82) is 5.26 Å². The lowest BCUT2D eigenvalue weighted by molar-refractivity contribution is 0.0142. The van der Waals surface area contributed by atoms with Crippen molar-refractivity contribution in [2.45, 2.75) is 51.7 Å². The van der Waals surface area contributed by atoms with Crippen molar-refractivity contribution in [3.8, 4) is 11.8 Å². The fourth-order valence-electron chi connectivity index (χ4n) is 5.77. The molecule has 0 unspecified atom stereocenters. The molecule has 0 radical (unpaired) electrons. The summed E-state index contributed by atoms with van der Waals surface area (Å²) in [6.45, 7) is 11.2. The molecule has 0 bridgehead atoms. The maximum atomic E-state index is 13.2. The number of rotatable bonds is 9. The van der Waals surface area contributed by atoms with Crippen LogP contribution in [0.3, 0.4) is 0 Å². The minimum atomic E-state index is -0.810. The van der Waals surface area contributed by atoms with Crippen LogP contribution in [-0.2, 0) is 18.3 Å². The summed E-state index contributed by atoms with van der Waals surface area (Å²) in [5, 5.41) is 31.3. The van der Waals surface area contributed by atoms with Crippen molar-refractivity contribution in [2.75, 3.05) is 38.0 Å². The molecule has 1 aliphatic rings. The first-order valence-electron chi connectivity index (χ1n) is 15.6. The maximum Gasteiger partial charge on any atom is 0.410 e. The number of aromatic hydroxyl groups is 1. The van der Waals surface area contributed by atoms with E-state index in [9.17, 15) is 24.8 Å². The van der Waals surface area contributed by atoms with Crippen LogP contribution >= 0.6 is 0 Å². The lowest BCUT2D eigenvalue weighted by atomic mass is 9.80. The molecule has 2 amide bonds. The number of benzene rings is 1. The van der Waals surface area contributed by atoms with Gasteiger partial charge in [-0.3, -0.25) is 23.7 Å². The van der Waals surface area contributed by atoms with Crippen LogP contribution in [0.1, 0.15) is 72.5 Å². The minimum Gasteiger partial charge on any atom is -0.501 e. The van der Waals surface area contributed by atoms with E-state index in [-0.39, 0.29) is 17.6 Å². The molecular weight excluding hydrogens is 618 g/mol. The van der Waals surface area contributed by atoms with Gasteiger partial charge in [-0.2, -0.15) is 10.4 Å². The summed E-state index contributed by atoms with van der Waals surface area (Å²) >= 11 is 0. The molecule has 1 saturated heterocycles. The lowest BCUT2D eigenvalue weighted by Crippen LogP contribution is -2.50. The van der Waals surface area contributed by atoms with E-state index in [0.29, 0.717) is 50.4 Å². The predicted molar refractivity (Wildman–Crippen MR) is 173 cm³/mol. The molecule has 0 spiro atoms. The zero-order chi connectivity index (χ0) is 34.6. The standard InChI is InChI=1S/C33H39N9O6/c1-21(29-38-27(28(43)31(45)39(29)5)30(44)37-24-18-36-47-20-24)26(25-9-7-6-8-22(25)16-34)23-17-35-42(19-23)15-12-40-10-13-41(14-11-40)32(46)48-33(2,3)4/h6-9,17-21,26,43H,10-15H2,1-5H3,(H,37,44)/t21-,26+/m0/s1. The van der Waals surface area contributed by atoms with Gasteiger partial charge in [0.25, 0.3) is 11.5 Å². The van der Waals surface area contributed by atoms with Crippen molar-refractivity contribution >= 4 is 17.7 Å². The number of carbonyl (C=O) groups is 2. The molecule has 0 saturated carbocycles. The molecule has 252 valence electrons. The van der Waals surface area contributed by atoms with Gasteiger partial charge in [0.1, 0.15) is 23.4 Å². The van der Waals surface area contributed by atoms with Crippen LogP contribution in [-0.4, -0.2) is 89.7 Å². The first-order chi connectivity index (χ1) is 22.9. The minimum absolute atomic E-state index is 0.224. The van der Waals surface area contributed by atoms with Gasteiger partial charge < -0.3 is 24.6 Å². The number of carbonyl (C=O) groups excluding carboxylic acids is 2. The molecule has 4 aromatic rings. The topological polar surface area (TPSA) is 185 Å². The molecular formula is C33H39N9O6. The fraction of sp³-hybridized carbons (Fsp3) is 0.424. The Hall–Kier alpha value is -5.49. The van der Waals surface area contributed by atoms with Gasteiger partial charge in [0, 0.05) is 57.8 Å². The van der Waals surface area contributed by atoms with Gasteiger partial charge in [-0.05, 0) is 38.0 Å². The number of hydrogen-bond donors (Lipinski definition) is 2. The Labute approximate surface area is 277 Å². The van der Waals surface area contributed by atoms with E-state index in [4.69, 9.17) is 9.26 Å². The van der Waals surface area contributed by atoms with Gasteiger partial charge in [0.15, 0.2) is 5.69 Å². The second-order valence-corrected chi connectivity index (χ2v) is 12.7. The van der Waals surface area contributed by atoms with Crippen LogP contribution in [0.2, 0.25) is 0 Å². The highest BCUT2D eigenvalue weighted by atomic mass is 16.6. The number of amides is 2. The highest BCUT2D eigenvalue weighted by Gasteiger charge is 2.32. The average Bonchev–Trinajstić information content (AvgIpc) is 3.75. The largest absolute Gasteiger partial charge is 0.501 e. The third-order valence-corrected chi connectivity index (χ3v) is 8.21. The van der Waals surface area contributed by atoms with Crippen molar-refractivity contribution in [2.24, 2.45) is 7.05 Å². The smallest absolute Gasteiger partial charge is 0.410 e. The zero-order valence-electron chi connectivity index (χ0n) is 27.6. The average molecular weight is 658 g/mol. The molecule has 2 atom stereocenters. The van der Waals surface area contributed by atoms with Crippen LogP contribution < -0.4 is 10.9 Å². The molecule has 1 fully saturated rings. The Morgan fingerprint density at radius 2 is 1.88 bits per heavy atom. The van der Waals surface area contributed by atoms with Crippen LogP contribution in [0.15, 0.2) is 58.4 Å². The Balaban J connectivity index is 1.38. The number of nitriles is 1. The van der Waals surface area contributed by atoms with Gasteiger partial charge in [0.2, 0.25) is 5.75 Å². The van der Waals surface area contributed by atoms with Gasteiger partial charge in [-0.25, -0.2) is 9.78 Å². The van der Waals surface area contributed by atoms with E-state index in [2.05, 4.69) is 31.5 Å². The Morgan fingerprint density at radius 3 is 2.54 bits per heavy atom. The summed E-state index contributed by atoms with van der Waals surface area (Å²) in [5.74, 6) is -2.43. The number of anilines is 1. The fourth-order valence-corrected chi connectivity index (χ4v) is 5.77. The van der Waals surface area contributed by atoms with Crippen molar-refractivity contribution in [1.82, 2.24) is 34.3 Å². The van der Waals surface area contributed by atoms with E-state index in [1.165, 1.54) is 24.1 Å². The molecule has 1 aromatic carbocycles. The normalized spacial score (nSPS) is 15.0. The quantitative estimate of drug-likeness (QED) is 0.269. The summed E-state index contributed by atoms with van der Waals surface area (Å²) in [7, 11) is 1.47. The number of piperazine rings is 1. The molecule has 1 aliphatic heterocycles. The predicted octanol–water partition coefficient (Wildman–Crippen LogP) is 3.28. The van der Waals surface area contributed by atoms with E-state index in [0.717, 1.165) is 5.56 Å². The molecule has 3 aromatic heterocycles. The summed E-state index contributed by atoms with van der Waals surface area (Å²) in [6.07, 6.45) is 5.81. The van der Waals surface area contributed by atoms with Crippen LogP contribution in [0.25, 0.3) is 0 Å². The number of nitrogens with one attached hydrogen (secondary N) is 1. The maximum absolute atomic E-state index is 13.2. The van der Waals surface area contributed by atoms with Gasteiger partial charge >= 0.3 is 6.09 Å². The lowest BCUT2D eigenvalue weighted by Gasteiger charge is -2.35. The summed E-state index contributed by atoms with van der Waals surface area (Å²) in [6, 6.07) is 9.43.